The minimum atomic E-state index is -0.342. The Kier molecular flexibility index (Phi) is 5.42. The van der Waals surface area contributed by atoms with Crippen LogP contribution in [-0.2, 0) is 16.1 Å². The summed E-state index contributed by atoms with van der Waals surface area (Å²) in [4.78, 5) is 27.8. The summed E-state index contributed by atoms with van der Waals surface area (Å²) in [5, 5.41) is 3.79. The lowest BCUT2D eigenvalue weighted by molar-refractivity contribution is -0.137. The van der Waals surface area contributed by atoms with Gasteiger partial charge >= 0.3 is 0 Å². The van der Waals surface area contributed by atoms with Crippen LogP contribution in [0.15, 0.2) is 78.5 Å². The molecule has 5 heteroatoms. The molecule has 30 heavy (non-hydrogen) atoms. The highest BCUT2D eigenvalue weighted by Crippen LogP contribution is 2.32. The average molecular weight is 417 g/mol. The second-order valence-corrected chi connectivity index (χ2v) is 7.87. The highest BCUT2D eigenvalue weighted by molar-refractivity contribution is 6.36. The predicted octanol–water partition coefficient (Wildman–Crippen LogP) is 5.35. The Labute approximate surface area is 180 Å². The molecule has 3 aromatic carbocycles. The number of nitrogens with zero attached hydrogens (tertiary/aromatic N) is 1. The first-order valence-electron chi connectivity index (χ1n) is 9.68. The molecule has 150 valence electrons. The van der Waals surface area contributed by atoms with Crippen LogP contribution in [0.3, 0.4) is 0 Å². The Morgan fingerprint density at radius 1 is 0.767 bits per heavy atom. The molecule has 4 rings (SSSR count). The van der Waals surface area contributed by atoms with Gasteiger partial charge in [0.15, 0.2) is 0 Å². The van der Waals surface area contributed by atoms with Crippen LogP contribution in [0.5, 0.6) is 0 Å². The maximum absolute atomic E-state index is 13.3. The van der Waals surface area contributed by atoms with Crippen LogP contribution in [0.2, 0.25) is 5.02 Å². The molecule has 4 nitrogen and oxygen atoms in total. The third-order valence-corrected chi connectivity index (χ3v) is 5.34. The summed E-state index contributed by atoms with van der Waals surface area (Å²) in [6.45, 7) is 4.17. The van der Waals surface area contributed by atoms with Gasteiger partial charge in [-0.05, 0) is 49.2 Å². The molecule has 0 saturated carbocycles. The van der Waals surface area contributed by atoms with Gasteiger partial charge in [0.2, 0.25) is 0 Å². The van der Waals surface area contributed by atoms with Crippen molar-refractivity contribution in [3.05, 3.63) is 106 Å². The van der Waals surface area contributed by atoms with Crippen LogP contribution in [0.25, 0.3) is 5.57 Å². The van der Waals surface area contributed by atoms with E-state index in [2.05, 4.69) is 5.32 Å². The fraction of sp³-hybridized carbons (Fsp3) is 0.120. The van der Waals surface area contributed by atoms with E-state index in [-0.39, 0.29) is 18.4 Å². The number of anilines is 1. The van der Waals surface area contributed by atoms with Crippen LogP contribution in [-0.4, -0.2) is 16.7 Å². The summed E-state index contributed by atoms with van der Waals surface area (Å²) in [7, 11) is 0. The molecule has 1 heterocycles. The zero-order chi connectivity index (χ0) is 21.3. The molecule has 0 atom stereocenters. The molecule has 3 aromatic rings. The molecule has 0 fully saturated rings. The quantitative estimate of drug-likeness (QED) is 0.570. The number of nitrogens with one attached hydrogen (secondary N) is 1. The van der Waals surface area contributed by atoms with Gasteiger partial charge in [0.05, 0.1) is 12.1 Å². The number of rotatable bonds is 5. The van der Waals surface area contributed by atoms with E-state index in [4.69, 9.17) is 11.6 Å². The first kappa shape index (κ1) is 19.9. The lowest BCUT2D eigenvalue weighted by atomic mass is 10.0. The van der Waals surface area contributed by atoms with Crippen molar-refractivity contribution in [2.24, 2.45) is 0 Å². The van der Waals surface area contributed by atoms with E-state index >= 15 is 0 Å². The van der Waals surface area contributed by atoms with Crippen molar-refractivity contribution < 1.29 is 9.59 Å². The van der Waals surface area contributed by atoms with Gasteiger partial charge in [-0.2, -0.15) is 0 Å². The Hall–Kier alpha value is -3.37. The number of halogens is 1. The van der Waals surface area contributed by atoms with E-state index in [0.29, 0.717) is 21.9 Å². The number of aryl methyl sites for hydroxylation is 2. The number of amides is 2. The highest BCUT2D eigenvalue weighted by Gasteiger charge is 2.39. The van der Waals surface area contributed by atoms with Crippen molar-refractivity contribution in [1.82, 2.24) is 4.90 Å². The maximum Gasteiger partial charge on any atom is 0.278 e. The standard InChI is InChI=1S/C25H21ClN2O2/c1-16-3-9-19(10-4-16)22-23(27-21-13-5-17(2)6-14-21)25(30)28(24(22)29)15-18-7-11-20(26)12-8-18/h3-14,27H,15H2,1-2H3. The smallest absolute Gasteiger partial charge is 0.278 e. The molecular formula is C25H21ClN2O2. The van der Waals surface area contributed by atoms with Crippen LogP contribution in [0.1, 0.15) is 22.3 Å². The molecule has 0 saturated heterocycles. The van der Waals surface area contributed by atoms with Crippen molar-refractivity contribution in [2.75, 3.05) is 5.32 Å². The van der Waals surface area contributed by atoms with Gasteiger partial charge in [0.25, 0.3) is 11.8 Å². The molecule has 1 aliphatic heterocycles. The van der Waals surface area contributed by atoms with Gasteiger partial charge in [-0.25, -0.2) is 0 Å². The third-order valence-electron chi connectivity index (χ3n) is 5.08. The Balaban J connectivity index is 1.72. The van der Waals surface area contributed by atoms with Crippen molar-refractivity contribution in [3.63, 3.8) is 0 Å². The van der Waals surface area contributed by atoms with Crippen LogP contribution in [0.4, 0.5) is 5.69 Å². The Bertz CT molecular complexity index is 1130. The third kappa shape index (κ3) is 4.00. The fourth-order valence-electron chi connectivity index (χ4n) is 3.38. The molecule has 0 aromatic heterocycles. The van der Waals surface area contributed by atoms with E-state index in [1.165, 1.54) is 4.90 Å². The SMILES string of the molecule is Cc1ccc(NC2=C(c3ccc(C)cc3)C(=O)N(Cc3ccc(Cl)cc3)C2=O)cc1. The molecule has 1 aliphatic rings. The molecule has 0 aliphatic carbocycles. The molecule has 0 radical (unpaired) electrons. The van der Waals surface area contributed by atoms with Gasteiger partial charge < -0.3 is 5.32 Å². The summed E-state index contributed by atoms with van der Waals surface area (Å²) >= 11 is 5.96. The van der Waals surface area contributed by atoms with Gasteiger partial charge in [0.1, 0.15) is 5.70 Å². The minimum absolute atomic E-state index is 0.184. The van der Waals surface area contributed by atoms with Crippen LogP contribution in [0, 0.1) is 13.8 Å². The number of carbonyl (C=O) groups excluding carboxylic acids is 2. The van der Waals surface area contributed by atoms with Crippen molar-refractivity contribution >= 4 is 34.7 Å². The van der Waals surface area contributed by atoms with Crippen molar-refractivity contribution in [2.45, 2.75) is 20.4 Å². The maximum atomic E-state index is 13.3. The molecule has 0 unspecified atom stereocenters. The van der Waals surface area contributed by atoms with Crippen LogP contribution < -0.4 is 5.32 Å². The summed E-state index contributed by atoms with van der Waals surface area (Å²) in [6, 6.07) is 22.5. The number of carbonyl (C=O) groups is 2. The Morgan fingerprint density at radius 2 is 1.33 bits per heavy atom. The first-order valence-corrected chi connectivity index (χ1v) is 10.1. The number of imide groups is 1. The van der Waals surface area contributed by atoms with Crippen LogP contribution >= 0.6 is 11.6 Å². The van der Waals surface area contributed by atoms with E-state index < -0.39 is 0 Å². The van der Waals surface area contributed by atoms with Gasteiger partial charge in [0, 0.05) is 10.7 Å². The van der Waals surface area contributed by atoms with E-state index in [9.17, 15) is 9.59 Å². The van der Waals surface area contributed by atoms with E-state index in [1.807, 2.05) is 74.5 Å². The van der Waals surface area contributed by atoms with E-state index in [1.54, 1.807) is 12.1 Å². The molecular weight excluding hydrogens is 396 g/mol. The summed E-state index contributed by atoms with van der Waals surface area (Å²) in [5.41, 5.74) is 5.19. The fourth-order valence-corrected chi connectivity index (χ4v) is 3.50. The highest BCUT2D eigenvalue weighted by atomic mass is 35.5. The molecule has 2 amide bonds. The molecule has 1 N–H and O–H groups in total. The van der Waals surface area contributed by atoms with Crippen molar-refractivity contribution in [3.8, 4) is 0 Å². The van der Waals surface area contributed by atoms with Crippen molar-refractivity contribution in [1.29, 1.82) is 0 Å². The lowest BCUT2D eigenvalue weighted by Crippen LogP contribution is -2.32. The zero-order valence-electron chi connectivity index (χ0n) is 16.8. The van der Waals surface area contributed by atoms with Gasteiger partial charge in [-0.15, -0.1) is 0 Å². The minimum Gasteiger partial charge on any atom is -0.350 e. The number of hydrogen-bond donors (Lipinski definition) is 1. The summed E-state index contributed by atoms with van der Waals surface area (Å²) in [5.74, 6) is -0.653. The summed E-state index contributed by atoms with van der Waals surface area (Å²) < 4.78 is 0. The first-order chi connectivity index (χ1) is 14.4. The number of benzene rings is 3. The second-order valence-electron chi connectivity index (χ2n) is 7.43. The van der Waals surface area contributed by atoms with E-state index in [0.717, 1.165) is 22.4 Å². The summed E-state index contributed by atoms with van der Waals surface area (Å²) in [6.07, 6.45) is 0. The van der Waals surface area contributed by atoms with Gasteiger partial charge in [-0.1, -0.05) is 71.3 Å². The average Bonchev–Trinajstić information content (AvgIpc) is 2.96. The Morgan fingerprint density at radius 3 is 1.93 bits per heavy atom. The second kappa shape index (κ2) is 8.17. The zero-order valence-corrected chi connectivity index (χ0v) is 17.5. The molecule has 0 bridgehead atoms. The molecule has 0 spiro atoms. The normalized spacial score (nSPS) is 13.9. The number of hydrogen-bond acceptors (Lipinski definition) is 3. The lowest BCUT2D eigenvalue weighted by Gasteiger charge is -2.15. The largest absolute Gasteiger partial charge is 0.350 e. The van der Waals surface area contributed by atoms with Gasteiger partial charge in [-0.3, -0.25) is 14.5 Å². The monoisotopic (exact) mass is 416 g/mol. The topological polar surface area (TPSA) is 49.4 Å². The predicted molar refractivity (Wildman–Crippen MR) is 120 cm³/mol.